The second-order valence-electron chi connectivity index (χ2n) is 4.43. The molecule has 1 heterocycles. The summed E-state index contributed by atoms with van der Waals surface area (Å²) in [6.45, 7) is 1.90. The predicted molar refractivity (Wildman–Crippen MR) is 69.2 cm³/mol. The maximum absolute atomic E-state index is 12.1. The van der Waals surface area contributed by atoms with Crippen LogP contribution in [0.3, 0.4) is 0 Å². The number of carbonyl (C=O) groups excluding carboxylic acids is 2. The number of nitrogens with one attached hydrogen (secondary N) is 1. The first-order valence-electron chi connectivity index (χ1n) is 6.00. The average Bonchev–Trinajstić information content (AvgIpc) is 2.71. The SMILES string of the molecule is CC1Cc2ccccc2N1C(=O)CNC(=O)CN. The van der Waals surface area contributed by atoms with Crippen molar-refractivity contribution in [1.29, 1.82) is 0 Å². The zero-order valence-electron chi connectivity index (χ0n) is 10.3. The Morgan fingerprint density at radius 2 is 2.17 bits per heavy atom. The molecule has 0 radical (unpaired) electrons. The first-order valence-corrected chi connectivity index (χ1v) is 6.00. The molecule has 0 aliphatic carbocycles. The van der Waals surface area contributed by atoms with Gasteiger partial charge < -0.3 is 16.0 Å². The van der Waals surface area contributed by atoms with Crippen molar-refractivity contribution in [2.24, 2.45) is 5.73 Å². The molecule has 1 aromatic rings. The normalized spacial score (nSPS) is 17.4. The second-order valence-corrected chi connectivity index (χ2v) is 4.43. The monoisotopic (exact) mass is 247 g/mol. The van der Waals surface area contributed by atoms with Crippen LogP contribution >= 0.6 is 0 Å². The molecule has 0 bridgehead atoms. The Morgan fingerprint density at radius 3 is 2.89 bits per heavy atom. The van der Waals surface area contributed by atoms with Gasteiger partial charge in [0.15, 0.2) is 0 Å². The number of fused-ring (bicyclic) bond motifs is 1. The highest BCUT2D eigenvalue weighted by molar-refractivity contribution is 5.99. The minimum Gasteiger partial charge on any atom is -0.346 e. The Morgan fingerprint density at radius 1 is 1.44 bits per heavy atom. The summed E-state index contributed by atoms with van der Waals surface area (Å²) in [6.07, 6.45) is 0.854. The maximum Gasteiger partial charge on any atom is 0.246 e. The van der Waals surface area contributed by atoms with E-state index in [0.717, 1.165) is 12.1 Å². The minimum atomic E-state index is -0.316. The van der Waals surface area contributed by atoms with Crippen LogP contribution in [0, 0.1) is 0 Å². The van der Waals surface area contributed by atoms with Gasteiger partial charge in [0.2, 0.25) is 11.8 Å². The lowest BCUT2D eigenvalue weighted by Gasteiger charge is -2.22. The lowest BCUT2D eigenvalue weighted by molar-refractivity contribution is -0.124. The highest BCUT2D eigenvalue weighted by atomic mass is 16.2. The zero-order chi connectivity index (χ0) is 13.1. The first kappa shape index (κ1) is 12.6. The van der Waals surface area contributed by atoms with Gasteiger partial charge in [-0.25, -0.2) is 0 Å². The predicted octanol–water partition coefficient (Wildman–Crippen LogP) is 0.0391. The minimum absolute atomic E-state index is 0.00525. The molecule has 0 saturated carbocycles. The van der Waals surface area contributed by atoms with Gasteiger partial charge in [-0.1, -0.05) is 18.2 Å². The molecule has 0 fully saturated rings. The fourth-order valence-corrected chi connectivity index (χ4v) is 2.28. The van der Waals surface area contributed by atoms with Crippen LogP contribution in [-0.4, -0.2) is 30.9 Å². The Balaban J connectivity index is 2.09. The number of benzene rings is 1. The zero-order valence-corrected chi connectivity index (χ0v) is 10.3. The largest absolute Gasteiger partial charge is 0.346 e. The number of carbonyl (C=O) groups is 2. The summed E-state index contributed by atoms with van der Waals surface area (Å²) in [7, 11) is 0. The number of para-hydroxylation sites is 1. The summed E-state index contributed by atoms with van der Waals surface area (Å²) in [5.74, 6) is -0.419. The lowest BCUT2D eigenvalue weighted by atomic mass is 10.1. The fraction of sp³-hybridized carbons (Fsp3) is 0.385. The van der Waals surface area contributed by atoms with E-state index in [4.69, 9.17) is 5.73 Å². The molecule has 0 aromatic heterocycles. The topological polar surface area (TPSA) is 75.4 Å². The van der Waals surface area contributed by atoms with Crippen LogP contribution in [-0.2, 0) is 16.0 Å². The Hall–Kier alpha value is -1.88. The van der Waals surface area contributed by atoms with Gasteiger partial charge in [-0.05, 0) is 25.0 Å². The van der Waals surface area contributed by atoms with Gasteiger partial charge in [-0.2, -0.15) is 0 Å². The van der Waals surface area contributed by atoms with E-state index in [1.165, 1.54) is 5.56 Å². The van der Waals surface area contributed by atoms with Crippen molar-refractivity contribution in [1.82, 2.24) is 5.32 Å². The summed E-state index contributed by atoms with van der Waals surface area (Å²) in [4.78, 5) is 24.9. The van der Waals surface area contributed by atoms with Gasteiger partial charge in [0.05, 0.1) is 13.1 Å². The molecular weight excluding hydrogens is 230 g/mol. The molecule has 18 heavy (non-hydrogen) atoms. The molecule has 96 valence electrons. The van der Waals surface area contributed by atoms with Crippen LogP contribution in [0.5, 0.6) is 0 Å². The molecular formula is C13H17N3O2. The van der Waals surface area contributed by atoms with E-state index < -0.39 is 0 Å². The summed E-state index contributed by atoms with van der Waals surface area (Å²) in [5.41, 5.74) is 7.29. The Bertz CT molecular complexity index is 473. The molecule has 1 unspecified atom stereocenters. The van der Waals surface area contributed by atoms with E-state index >= 15 is 0 Å². The third kappa shape index (κ3) is 2.36. The third-order valence-corrected chi connectivity index (χ3v) is 3.10. The van der Waals surface area contributed by atoms with Gasteiger partial charge in [0, 0.05) is 11.7 Å². The van der Waals surface area contributed by atoms with Crippen LogP contribution in [0.4, 0.5) is 5.69 Å². The number of hydrogen-bond donors (Lipinski definition) is 2. The fourth-order valence-electron chi connectivity index (χ4n) is 2.28. The number of rotatable bonds is 3. The molecule has 1 aromatic carbocycles. The number of nitrogens with two attached hydrogens (primary N) is 1. The van der Waals surface area contributed by atoms with E-state index in [1.54, 1.807) is 4.90 Å². The van der Waals surface area contributed by atoms with Gasteiger partial charge in [-0.3, -0.25) is 9.59 Å². The lowest BCUT2D eigenvalue weighted by Crippen LogP contribution is -2.44. The highest BCUT2D eigenvalue weighted by Gasteiger charge is 2.30. The molecule has 5 nitrogen and oxygen atoms in total. The van der Waals surface area contributed by atoms with Crippen molar-refractivity contribution in [3.05, 3.63) is 29.8 Å². The number of anilines is 1. The molecule has 1 atom stereocenters. The smallest absolute Gasteiger partial charge is 0.246 e. The second kappa shape index (κ2) is 5.18. The van der Waals surface area contributed by atoms with Gasteiger partial charge >= 0.3 is 0 Å². The third-order valence-electron chi connectivity index (χ3n) is 3.10. The standard InChI is InChI=1S/C13H17N3O2/c1-9-6-10-4-2-3-5-11(10)16(9)13(18)8-15-12(17)7-14/h2-5,9H,6-8,14H2,1H3,(H,15,17). The molecule has 1 aliphatic heterocycles. The van der Waals surface area contributed by atoms with Crippen molar-refractivity contribution in [2.45, 2.75) is 19.4 Å². The van der Waals surface area contributed by atoms with E-state index in [0.29, 0.717) is 0 Å². The summed E-state index contributed by atoms with van der Waals surface area (Å²) < 4.78 is 0. The van der Waals surface area contributed by atoms with Crippen molar-refractivity contribution >= 4 is 17.5 Å². The van der Waals surface area contributed by atoms with E-state index in [2.05, 4.69) is 5.32 Å². The van der Waals surface area contributed by atoms with Crippen molar-refractivity contribution < 1.29 is 9.59 Å². The molecule has 0 saturated heterocycles. The van der Waals surface area contributed by atoms with E-state index in [-0.39, 0.29) is 30.9 Å². The van der Waals surface area contributed by atoms with Crippen molar-refractivity contribution in [2.75, 3.05) is 18.0 Å². The number of amides is 2. The number of hydrogen-bond acceptors (Lipinski definition) is 3. The van der Waals surface area contributed by atoms with E-state index in [9.17, 15) is 9.59 Å². The summed E-state index contributed by atoms with van der Waals surface area (Å²) >= 11 is 0. The van der Waals surface area contributed by atoms with Crippen molar-refractivity contribution in [3.63, 3.8) is 0 Å². The van der Waals surface area contributed by atoms with Crippen LogP contribution in [0.2, 0.25) is 0 Å². The van der Waals surface area contributed by atoms with Crippen LogP contribution in [0.1, 0.15) is 12.5 Å². The average molecular weight is 247 g/mol. The van der Waals surface area contributed by atoms with Crippen LogP contribution < -0.4 is 16.0 Å². The molecule has 1 aliphatic rings. The van der Waals surface area contributed by atoms with Gasteiger partial charge in [0.25, 0.3) is 0 Å². The molecule has 5 heteroatoms. The van der Waals surface area contributed by atoms with Gasteiger partial charge in [-0.15, -0.1) is 0 Å². The number of nitrogens with zero attached hydrogens (tertiary/aromatic N) is 1. The Kier molecular flexibility index (Phi) is 3.62. The first-order chi connectivity index (χ1) is 8.63. The van der Waals surface area contributed by atoms with E-state index in [1.807, 2.05) is 31.2 Å². The van der Waals surface area contributed by atoms with Crippen molar-refractivity contribution in [3.8, 4) is 0 Å². The summed E-state index contributed by atoms with van der Waals surface area (Å²) in [5, 5.41) is 2.51. The summed E-state index contributed by atoms with van der Waals surface area (Å²) in [6, 6.07) is 7.97. The molecule has 3 N–H and O–H groups in total. The highest BCUT2D eigenvalue weighted by Crippen LogP contribution is 2.31. The van der Waals surface area contributed by atoms with Crippen LogP contribution in [0.25, 0.3) is 0 Å². The Labute approximate surface area is 106 Å². The molecule has 2 amide bonds. The van der Waals surface area contributed by atoms with Gasteiger partial charge in [0.1, 0.15) is 0 Å². The quantitative estimate of drug-likeness (QED) is 0.792. The molecule has 2 rings (SSSR count). The molecule has 0 spiro atoms. The maximum atomic E-state index is 12.1. The van der Waals surface area contributed by atoms with Crippen LogP contribution in [0.15, 0.2) is 24.3 Å².